The number of nitrogens with zero attached hydrogens (tertiary/aromatic N) is 6. The molecule has 0 bridgehead atoms. The van der Waals surface area contributed by atoms with Crippen LogP contribution in [0.3, 0.4) is 0 Å². The molecule has 0 radical (unpaired) electrons. The van der Waals surface area contributed by atoms with Crippen LogP contribution in [0.15, 0.2) is 243 Å². The van der Waals surface area contributed by atoms with E-state index in [0.717, 1.165) is 77.6 Å². The SMILES string of the molecule is c1ccc(-c2nc(-c3ccc(-n4c5ccccc5c5ccccc54)c(-c4cccc(-n5c6ccccc6c6ccccc65)c4)c3)nc(-n3c4ccccc4c4cccc(-c5ccccc5)c43)n2)cc1. The first kappa shape index (κ1) is 38.8. The molecule has 6 heteroatoms. The molecular formula is C63H40N6. The van der Waals surface area contributed by atoms with Gasteiger partial charge in [-0.05, 0) is 71.8 Å². The molecule has 0 atom stereocenters. The molecular weight excluding hydrogens is 841 g/mol. The summed E-state index contributed by atoms with van der Waals surface area (Å²) in [5.41, 5.74) is 15.0. The maximum atomic E-state index is 5.49. The van der Waals surface area contributed by atoms with Gasteiger partial charge in [0.25, 0.3) is 0 Å². The summed E-state index contributed by atoms with van der Waals surface area (Å²) in [6, 6.07) is 86.3. The first-order valence-electron chi connectivity index (χ1n) is 23.4. The monoisotopic (exact) mass is 880 g/mol. The van der Waals surface area contributed by atoms with Crippen molar-refractivity contribution in [3.63, 3.8) is 0 Å². The van der Waals surface area contributed by atoms with Gasteiger partial charge in [0.05, 0.1) is 38.8 Å². The molecule has 14 rings (SSSR count). The first-order chi connectivity index (χ1) is 34.2. The van der Waals surface area contributed by atoms with Crippen molar-refractivity contribution in [1.29, 1.82) is 0 Å². The van der Waals surface area contributed by atoms with E-state index in [1.54, 1.807) is 0 Å². The summed E-state index contributed by atoms with van der Waals surface area (Å²) in [6.07, 6.45) is 0. The number of benzene rings is 10. The maximum Gasteiger partial charge on any atom is 0.238 e. The van der Waals surface area contributed by atoms with Crippen LogP contribution in [-0.4, -0.2) is 28.7 Å². The Labute approximate surface area is 397 Å². The number of hydrogen-bond donors (Lipinski definition) is 0. The molecule has 0 aliphatic heterocycles. The van der Waals surface area contributed by atoms with Crippen LogP contribution in [0.5, 0.6) is 0 Å². The highest BCUT2D eigenvalue weighted by Gasteiger charge is 2.23. The second-order valence-electron chi connectivity index (χ2n) is 17.6. The molecule has 0 saturated heterocycles. The predicted molar refractivity (Wildman–Crippen MR) is 285 cm³/mol. The minimum atomic E-state index is 0.551. The Morgan fingerprint density at radius 1 is 0.261 bits per heavy atom. The van der Waals surface area contributed by atoms with E-state index >= 15 is 0 Å². The van der Waals surface area contributed by atoms with E-state index in [0.29, 0.717) is 17.6 Å². The Hall–Kier alpha value is -9.39. The third kappa shape index (κ3) is 6.16. The normalized spacial score (nSPS) is 11.8. The second kappa shape index (κ2) is 15.6. The van der Waals surface area contributed by atoms with Gasteiger partial charge in [-0.1, -0.05) is 182 Å². The van der Waals surface area contributed by atoms with Crippen molar-refractivity contribution in [2.45, 2.75) is 0 Å². The van der Waals surface area contributed by atoms with Crippen molar-refractivity contribution in [1.82, 2.24) is 28.7 Å². The quantitative estimate of drug-likeness (QED) is 0.160. The molecule has 10 aromatic carbocycles. The van der Waals surface area contributed by atoms with Gasteiger partial charge in [0.1, 0.15) is 0 Å². The molecule has 0 aliphatic rings. The molecule has 6 nitrogen and oxygen atoms in total. The van der Waals surface area contributed by atoms with Crippen LogP contribution in [-0.2, 0) is 0 Å². The highest BCUT2D eigenvalue weighted by Crippen LogP contribution is 2.41. The van der Waals surface area contributed by atoms with Crippen molar-refractivity contribution >= 4 is 65.4 Å². The molecule has 0 spiro atoms. The highest BCUT2D eigenvalue weighted by molar-refractivity contribution is 6.14. The Morgan fingerprint density at radius 2 is 0.710 bits per heavy atom. The summed E-state index contributed by atoms with van der Waals surface area (Å²) in [5, 5.41) is 7.14. The Bertz CT molecular complexity index is 4210. The highest BCUT2D eigenvalue weighted by atomic mass is 15.2. The fourth-order valence-corrected chi connectivity index (χ4v) is 10.7. The zero-order valence-corrected chi connectivity index (χ0v) is 37.3. The molecule has 4 aromatic heterocycles. The van der Waals surface area contributed by atoms with E-state index in [1.165, 1.54) is 32.6 Å². The van der Waals surface area contributed by atoms with Gasteiger partial charge < -0.3 is 9.13 Å². The summed E-state index contributed by atoms with van der Waals surface area (Å²) in [5.74, 6) is 1.73. The van der Waals surface area contributed by atoms with Crippen molar-refractivity contribution in [2.75, 3.05) is 0 Å². The summed E-state index contributed by atoms with van der Waals surface area (Å²) in [4.78, 5) is 16.2. The zero-order valence-electron chi connectivity index (χ0n) is 37.3. The number of para-hydroxylation sites is 6. The summed E-state index contributed by atoms with van der Waals surface area (Å²) < 4.78 is 7.03. The number of aromatic nitrogens is 6. The fourth-order valence-electron chi connectivity index (χ4n) is 10.7. The lowest BCUT2D eigenvalue weighted by Crippen LogP contribution is -2.07. The summed E-state index contributed by atoms with van der Waals surface area (Å²) in [7, 11) is 0. The third-order valence-corrected chi connectivity index (χ3v) is 13.7. The van der Waals surface area contributed by atoms with Crippen molar-refractivity contribution in [2.24, 2.45) is 0 Å². The van der Waals surface area contributed by atoms with Gasteiger partial charge in [0.15, 0.2) is 11.6 Å². The van der Waals surface area contributed by atoms with Gasteiger partial charge in [0, 0.05) is 60.3 Å². The van der Waals surface area contributed by atoms with E-state index < -0.39 is 0 Å². The average Bonchev–Trinajstić information content (AvgIpc) is 4.07. The van der Waals surface area contributed by atoms with Gasteiger partial charge in [-0.15, -0.1) is 0 Å². The Kier molecular flexibility index (Phi) is 8.79. The predicted octanol–water partition coefficient (Wildman–Crippen LogP) is 15.8. The Balaban J connectivity index is 1.05. The van der Waals surface area contributed by atoms with E-state index in [-0.39, 0.29) is 0 Å². The van der Waals surface area contributed by atoms with Crippen LogP contribution in [0.2, 0.25) is 0 Å². The van der Waals surface area contributed by atoms with Crippen LogP contribution in [0.1, 0.15) is 0 Å². The molecule has 69 heavy (non-hydrogen) atoms. The van der Waals surface area contributed by atoms with Crippen LogP contribution in [0.25, 0.3) is 128 Å². The molecule has 14 aromatic rings. The van der Waals surface area contributed by atoms with Crippen LogP contribution in [0.4, 0.5) is 0 Å². The average molecular weight is 881 g/mol. The molecule has 0 N–H and O–H groups in total. The van der Waals surface area contributed by atoms with Crippen molar-refractivity contribution in [3.05, 3.63) is 243 Å². The fraction of sp³-hybridized carbons (Fsp3) is 0. The summed E-state index contributed by atoms with van der Waals surface area (Å²) in [6.45, 7) is 0. The van der Waals surface area contributed by atoms with Crippen molar-refractivity contribution < 1.29 is 0 Å². The second-order valence-corrected chi connectivity index (χ2v) is 17.6. The molecule has 0 fully saturated rings. The minimum absolute atomic E-state index is 0.551. The minimum Gasteiger partial charge on any atom is -0.309 e. The van der Waals surface area contributed by atoms with E-state index in [1.807, 2.05) is 18.2 Å². The van der Waals surface area contributed by atoms with Crippen LogP contribution < -0.4 is 0 Å². The topological polar surface area (TPSA) is 53.5 Å². The lowest BCUT2D eigenvalue weighted by molar-refractivity contribution is 0.953. The summed E-state index contributed by atoms with van der Waals surface area (Å²) >= 11 is 0. The van der Waals surface area contributed by atoms with Gasteiger partial charge in [0.2, 0.25) is 5.95 Å². The maximum absolute atomic E-state index is 5.49. The molecule has 322 valence electrons. The van der Waals surface area contributed by atoms with E-state index in [4.69, 9.17) is 15.0 Å². The molecule has 0 amide bonds. The standard InChI is InChI=1S/C63H40N6/c1-3-19-41(20-4-1)46-30-18-31-52-51-29-11-16-36-58(51)69(60(46)52)63-65-61(42-21-5-2-6-22-42)64-62(66-63)44-37-38-59(68-56-34-14-9-27-49(56)50-28-10-15-35-57(50)68)53(40-44)43-23-17-24-45(39-43)67-54-32-12-7-25-47(54)48-26-8-13-33-55(48)67/h1-40H. The van der Waals surface area contributed by atoms with Crippen LogP contribution >= 0.6 is 0 Å². The van der Waals surface area contributed by atoms with Crippen LogP contribution in [0, 0.1) is 0 Å². The number of fused-ring (bicyclic) bond motifs is 9. The number of hydrogen-bond acceptors (Lipinski definition) is 3. The van der Waals surface area contributed by atoms with E-state index in [9.17, 15) is 0 Å². The first-order valence-corrected chi connectivity index (χ1v) is 23.4. The van der Waals surface area contributed by atoms with Crippen molar-refractivity contribution in [3.8, 4) is 62.4 Å². The van der Waals surface area contributed by atoms with Gasteiger partial charge in [-0.2, -0.15) is 9.97 Å². The smallest absolute Gasteiger partial charge is 0.238 e. The lowest BCUT2D eigenvalue weighted by Gasteiger charge is -2.17. The van der Waals surface area contributed by atoms with Gasteiger partial charge in [-0.3, -0.25) is 4.57 Å². The lowest BCUT2D eigenvalue weighted by atomic mass is 9.99. The molecule has 0 unspecified atom stereocenters. The number of rotatable bonds is 7. The zero-order chi connectivity index (χ0) is 45.4. The van der Waals surface area contributed by atoms with Gasteiger partial charge in [-0.25, -0.2) is 4.98 Å². The molecule has 0 saturated carbocycles. The Morgan fingerprint density at radius 3 is 1.30 bits per heavy atom. The van der Waals surface area contributed by atoms with Gasteiger partial charge >= 0.3 is 0 Å². The molecule has 4 heterocycles. The third-order valence-electron chi connectivity index (χ3n) is 13.7. The largest absolute Gasteiger partial charge is 0.309 e. The molecule has 0 aliphatic carbocycles. The van der Waals surface area contributed by atoms with E-state index in [2.05, 4.69) is 238 Å².